The lowest BCUT2D eigenvalue weighted by Gasteiger charge is -2.10. The average Bonchev–Trinajstić information content (AvgIpc) is 3.40. The number of ether oxygens (including phenoxy) is 1. The highest BCUT2D eigenvalue weighted by molar-refractivity contribution is 7.99. The average molecular weight is 568 g/mol. The SMILES string of the molecule is Cc1ccc(-c2nnc(SCC(=O)N/N=C/c3cccc(OCc4ccccc4)c3)n2-c2ccc(Cl)cc2)cc1. The fourth-order valence-electron chi connectivity index (χ4n) is 3.84. The van der Waals surface area contributed by atoms with Crippen molar-refractivity contribution in [3.05, 3.63) is 125 Å². The maximum Gasteiger partial charge on any atom is 0.250 e. The van der Waals surface area contributed by atoms with Gasteiger partial charge in [-0.25, -0.2) is 5.43 Å². The van der Waals surface area contributed by atoms with Crippen molar-refractivity contribution in [3.63, 3.8) is 0 Å². The Balaban J connectivity index is 1.22. The Labute approximate surface area is 241 Å². The molecule has 0 unspecified atom stereocenters. The summed E-state index contributed by atoms with van der Waals surface area (Å²) >= 11 is 7.39. The summed E-state index contributed by atoms with van der Waals surface area (Å²) in [6.07, 6.45) is 1.59. The molecule has 0 bridgehead atoms. The Morgan fingerprint density at radius 3 is 2.52 bits per heavy atom. The fourth-order valence-corrected chi connectivity index (χ4v) is 4.71. The number of aryl methyl sites for hydroxylation is 1. The quantitative estimate of drug-likeness (QED) is 0.115. The van der Waals surface area contributed by atoms with Gasteiger partial charge in [0.1, 0.15) is 12.4 Å². The van der Waals surface area contributed by atoms with Crippen LogP contribution in [0, 0.1) is 6.92 Å². The lowest BCUT2D eigenvalue weighted by molar-refractivity contribution is -0.118. The molecule has 7 nitrogen and oxygen atoms in total. The van der Waals surface area contributed by atoms with E-state index >= 15 is 0 Å². The largest absolute Gasteiger partial charge is 0.489 e. The van der Waals surface area contributed by atoms with Gasteiger partial charge in [-0.15, -0.1) is 10.2 Å². The van der Waals surface area contributed by atoms with E-state index < -0.39 is 0 Å². The fraction of sp³-hybridized carbons (Fsp3) is 0.0968. The van der Waals surface area contributed by atoms with Crippen LogP contribution >= 0.6 is 23.4 Å². The molecule has 5 rings (SSSR count). The highest BCUT2D eigenvalue weighted by Crippen LogP contribution is 2.28. The number of carbonyl (C=O) groups is 1. The van der Waals surface area contributed by atoms with Gasteiger partial charge in [0, 0.05) is 16.3 Å². The van der Waals surface area contributed by atoms with Gasteiger partial charge < -0.3 is 4.74 Å². The van der Waals surface area contributed by atoms with Gasteiger partial charge in [-0.2, -0.15) is 5.10 Å². The minimum atomic E-state index is -0.264. The van der Waals surface area contributed by atoms with Gasteiger partial charge in [-0.1, -0.05) is 95.7 Å². The van der Waals surface area contributed by atoms with Crippen LogP contribution in [0.4, 0.5) is 0 Å². The Morgan fingerprint density at radius 2 is 1.75 bits per heavy atom. The number of hydrogen-bond donors (Lipinski definition) is 1. The van der Waals surface area contributed by atoms with Crippen LogP contribution in [0.3, 0.4) is 0 Å². The molecule has 1 amide bonds. The zero-order chi connectivity index (χ0) is 27.7. The molecule has 0 radical (unpaired) electrons. The Morgan fingerprint density at radius 1 is 0.975 bits per heavy atom. The van der Waals surface area contributed by atoms with Crippen LogP contribution in [-0.4, -0.2) is 32.6 Å². The van der Waals surface area contributed by atoms with Crippen molar-refractivity contribution in [1.29, 1.82) is 0 Å². The smallest absolute Gasteiger partial charge is 0.250 e. The van der Waals surface area contributed by atoms with Crippen molar-refractivity contribution in [2.75, 3.05) is 5.75 Å². The van der Waals surface area contributed by atoms with E-state index in [-0.39, 0.29) is 11.7 Å². The summed E-state index contributed by atoms with van der Waals surface area (Å²) in [4.78, 5) is 12.6. The Hall–Kier alpha value is -4.40. The van der Waals surface area contributed by atoms with Gasteiger partial charge in [0.05, 0.1) is 12.0 Å². The van der Waals surface area contributed by atoms with Crippen molar-refractivity contribution in [2.45, 2.75) is 18.7 Å². The van der Waals surface area contributed by atoms with Gasteiger partial charge in [0.15, 0.2) is 11.0 Å². The predicted molar refractivity (Wildman–Crippen MR) is 160 cm³/mol. The van der Waals surface area contributed by atoms with E-state index in [4.69, 9.17) is 16.3 Å². The number of thioether (sulfide) groups is 1. The second-order valence-corrected chi connectivity index (χ2v) is 10.3. The number of carbonyl (C=O) groups excluding carboxylic acids is 1. The first-order chi connectivity index (χ1) is 19.5. The summed E-state index contributed by atoms with van der Waals surface area (Å²) in [5, 5.41) is 14.1. The summed E-state index contributed by atoms with van der Waals surface area (Å²) < 4.78 is 7.79. The zero-order valence-corrected chi connectivity index (χ0v) is 23.3. The molecule has 40 heavy (non-hydrogen) atoms. The molecule has 5 aromatic rings. The molecule has 1 heterocycles. The summed E-state index contributed by atoms with van der Waals surface area (Å²) in [5.74, 6) is 1.25. The standard InChI is InChI=1S/C31H26ClN5O2S/c1-22-10-12-25(13-11-22)30-35-36-31(37(30)27-16-14-26(32)15-17-27)40-21-29(38)34-33-19-24-8-5-9-28(18-24)39-20-23-6-3-2-4-7-23/h2-19H,20-21H2,1H3,(H,34,38)/b33-19+. The molecule has 0 aliphatic rings. The van der Waals surface area contributed by atoms with Crippen LogP contribution in [-0.2, 0) is 11.4 Å². The Kier molecular flexibility index (Phi) is 8.90. The molecule has 0 aliphatic heterocycles. The molecule has 200 valence electrons. The molecule has 4 aromatic carbocycles. The van der Waals surface area contributed by atoms with Crippen molar-refractivity contribution in [3.8, 4) is 22.8 Å². The third-order valence-corrected chi connectivity index (χ3v) is 7.05. The zero-order valence-electron chi connectivity index (χ0n) is 21.7. The minimum absolute atomic E-state index is 0.108. The molecule has 9 heteroatoms. The van der Waals surface area contributed by atoms with E-state index in [9.17, 15) is 4.79 Å². The van der Waals surface area contributed by atoms with E-state index in [1.165, 1.54) is 11.8 Å². The number of amides is 1. The normalized spacial score (nSPS) is 11.1. The van der Waals surface area contributed by atoms with E-state index in [2.05, 4.69) is 20.7 Å². The molecule has 0 fully saturated rings. The van der Waals surface area contributed by atoms with E-state index in [1.807, 2.05) is 115 Å². The van der Waals surface area contributed by atoms with Crippen molar-refractivity contribution >= 4 is 35.5 Å². The third kappa shape index (κ3) is 7.16. The van der Waals surface area contributed by atoms with E-state index in [0.717, 1.165) is 33.7 Å². The minimum Gasteiger partial charge on any atom is -0.489 e. The number of halogens is 1. The van der Waals surface area contributed by atoms with Gasteiger partial charge in [-0.05, 0) is 54.4 Å². The molecule has 1 N–H and O–H groups in total. The summed E-state index contributed by atoms with van der Waals surface area (Å²) in [7, 11) is 0. The highest BCUT2D eigenvalue weighted by atomic mass is 35.5. The van der Waals surface area contributed by atoms with Crippen molar-refractivity contribution in [1.82, 2.24) is 20.2 Å². The van der Waals surface area contributed by atoms with E-state index in [1.54, 1.807) is 6.21 Å². The number of aromatic nitrogens is 3. The van der Waals surface area contributed by atoms with Gasteiger partial charge >= 0.3 is 0 Å². The number of benzene rings is 4. The molecule has 0 aliphatic carbocycles. The van der Waals surface area contributed by atoms with Crippen LogP contribution < -0.4 is 10.2 Å². The lowest BCUT2D eigenvalue weighted by atomic mass is 10.1. The second-order valence-electron chi connectivity index (χ2n) is 8.91. The maximum atomic E-state index is 12.6. The number of rotatable bonds is 10. The van der Waals surface area contributed by atoms with Crippen LogP contribution in [0.5, 0.6) is 5.75 Å². The topological polar surface area (TPSA) is 81.4 Å². The van der Waals surface area contributed by atoms with Gasteiger partial charge in [-0.3, -0.25) is 9.36 Å². The molecule has 0 atom stereocenters. The lowest BCUT2D eigenvalue weighted by Crippen LogP contribution is -2.20. The second kappa shape index (κ2) is 13.1. The number of hydrazone groups is 1. The first kappa shape index (κ1) is 27.2. The van der Waals surface area contributed by atoms with Crippen molar-refractivity contribution < 1.29 is 9.53 Å². The highest BCUT2D eigenvalue weighted by Gasteiger charge is 2.17. The molecule has 0 saturated heterocycles. The first-order valence-electron chi connectivity index (χ1n) is 12.5. The molecular weight excluding hydrogens is 542 g/mol. The van der Waals surface area contributed by atoms with Crippen LogP contribution in [0.25, 0.3) is 17.1 Å². The number of nitrogens with zero attached hydrogens (tertiary/aromatic N) is 4. The molecular formula is C31H26ClN5O2S. The molecule has 0 spiro atoms. The number of hydrogen-bond acceptors (Lipinski definition) is 6. The third-order valence-electron chi connectivity index (χ3n) is 5.87. The summed E-state index contributed by atoms with van der Waals surface area (Å²) in [5.41, 5.74) is 7.40. The molecule has 0 saturated carbocycles. The monoisotopic (exact) mass is 567 g/mol. The van der Waals surface area contributed by atoms with Gasteiger partial charge in [0.25, 0.3) is 5.91 Å². The summed E-state index contributed by atoms with van der Waals surface area (Å²) in [6.45, 7) is 2.51. The predicted octanol–water partition coefficient (Wildman–Crippen LogP) is 6.72. The maximum absolute atomic E-state index is 12.6. The summed E-state index contributed by atoms with van der Waals surface area (Å²) in [6, 6.07) is 33.0. The molecule has 1 aromatic heterocycles. The Bertz CT molecular complexity index is 1600. The first-order valence-corrected chi connectivity index (χ1v) is 13.9. The van der Waals surface area contributed by atoms with Crippen molar-refractivity contribution in [2.24, 2.45) is 5.10 Å². The van der Waals surface area contributed by atoms with Crippen LogP contribution in [0.1, 0.15) is 16.7 Å². The number of nitrogens with one attached hydrogen (secondary N) is 1. The van der Waals surface area contributed by atoms with Crippen LogP contribution in [0.2, 0.25) is 5.02 Å². The van der Waals surface area contributed by atoms with Crippen LogP contribution in [0.15, 0.2) is 113 Å². The van der Waals surface area contributed by atoms with E-state index in [0.29, 0.717) is 22.6 Å². The van der Waals surface area contributed by atoms with Gasteiger partial charge in [0.2, 0.25) is 0 Å².